The Morgan fingerprint density at radius 2 is 2.10 bits per heavy atom. The molecular formula is C14H17N2O4S-. The number of primary amides is 1. The van der Waals surface area contributed by atoms with Crippen LogP contribution in [0.15, 0.2) is 0 Å². The minimum Gasteiger partial charge on any atom is -0.550 e. The minimum absolute atomic E-state index is 0.181. The summed E-state index contributed by atoms with van der Waals surface area (Å²) in [5.74, 6) is -1.75. The Bertz CT molecular complexity index is 594. The van der Waals surface area contributed by atoms with Crippen molar-refractivity contribution in [3.8, 4) is 0 Å². The molecule has 1 aromatic rings. The molecule has 1 aliphatic rings. The summed E-state index contributed by atoms with van der Waals surface area (Å²) in [5, 5.41) is 13.4. The molecule has 2 rings (SSSR count). The fraction of sp³-hybridized carbons (Fsp3) is 0.500. The molecule has 0 unspecified atom stereocenters. The summed E-state index contributed by atoms with van der Waals surface area (Å²) in [6.07, 6.45) is 2.11. The van der Waals surface area contributed by atoms with Crippen LogP contribution < -0.4 is 16.2 Å². The number of carboxylic acids is 1. The first-order valence-electron chi connectivity index (χ1n) is 6.82. The van der Waals surface area contributed by atoms with Crippen LogP contribution in [0.4, 0.5) is 5.00 Å². The molecule has 0 aliphatic heterocycles. The highest BCUT2D eigenvalue weighted by Gasteiger charge is 2.27. The molecule has 0 fully saturated rings. The molecule has 0 saturated heterocycles. The van der Waals surface area contributed by atoms with Gasteiger partial charge in [0.15, 0.2) is 0 Å². The standard InChI is InChI=1S/C14H18N2O4S/c1-7-2-3-8-9(6-7)21-14(12(8)13(15)20)16-10(17)4-5-11(18)19/h7H,2-6H2,1H3,(H2,15,20)(H,16,17)(H,18,19)/p-1/t7-/m1/s1. The van der Waals surface area contributed by atoms with Gasteiger partial charge in [-0.15, -0.1) is 11.3 Å². The van der Waals surface area contributed by atoms with E-state index in [4.69, 9.17) is 5.73 Å². The van der Waals surface area contributed by atoms with Gasteiger partial charge in [-0.1, -0.05) is 6.92 Å². The second kappa shape index (κ2) is 6.26. The molecule has 0 spiro atoms. The number of amides is 2. The van der Waals surface area contributed by atoms with Gasteiger partial charge in [0.25, 0.3) is 5.91 Å². The summed E-state index contributed by atoms with van der Waals surface area (Å²) in [6, 6.07) is 0. The topological polar surface area (TPSA) is 112 Å². The number of carbonyl (C=O) groups is 3. The number of fused-ring (bicyclic) bond motifs is 1. The van der Waals surface area contributed by atoms with Crippen molar-refractivity contribution in [2.75, 3.05) is 5.32 Å². The van der Waals surface area contributed by atoms with E-state index in [9.17, 15) is 19.5 Å². The molecule has 114 valence electrons. The Morgan fingerprint density at radius 1 is 1.38 bits per heavy atom. The Morgan fingerprint density at radius 3 is 2.71 bits per heavy atom. The monoisotopic (exact) mass is 309 g/mol. The maximum absolute atomic E-state index is 11.7. The van der Waals surface area contributed by atoms with Gasteiger partial charge in [0, 0.05) is 17.3 Å². The molecule has 0 bridgehead atoms. The van der Waals surface area contributed by atoms with Gasteiger partial charge in [0.1, 0.15) is 5.00 Å². The van der Waals surface area contributed by atoms with Gasteiger partial charge in [-0.3, -0.25) is 9.59 Å². The number of thiophene rings is 1. The zero-order chi connectivity index (χ0) is 15.6. The van der Waals surface area contributed by atoms with Crippen molar-refractivity contribution in [3.05, 3.63) is 16.0 Å². The second-order valence-electron chi connectivity index (χ2n) is 5.34. The van der Waals surface area contributed by atoms with E-state index in [-0.39, 0.29) is 12.8 Å². The average Bonchev–Trinajstić information content (AvgIpc) is 2.73. The predicted molar refractivity (Wildman–Crippen MR) is 76.9 cm³/mol. The Kier molecular flexibility index (Phi) is 4.62. The van der Waals surface area contributed by atoms with Gasteiger partial charge >= 0.3 is 0 Å². The molecule has 0 aromatic carbocycles. The molecule has 21 heavy (non-hydrogen) atoms. The third kappa shape index (κ3) is 3.60. The fourth-order valence-electron chi connectivity index (χ4n) is 2.50. The summed E-state index contributed by atoms with van der Waals surface area (Å²) in [4.78, 5) is 34.8. The maximum atomic E-state index is 11.7. The number of hydrogen-bond acceptors (Lipinski definition) is 5. The predicted octanol–water partition coefficient (Wildman–Crippen LogP) is 0.440. The summed E-state index contributed by atoms with van der Waals surface area (Å²) in [6.45, 7) is 2.14. The molecule has 0 saturated carbocycles. The molecule has 1 atom stereocenters. The number of nitrogens with one attached hydrogen (secondary N) is 1. The number of rotatable bonds is 5. The van der Waals surface area contributed by atoms with E-state index < -0.39 is 17.8 Å². The summed E-state index contributed by atoms with van der Waals surface area (Å²) < 4.78 is 0. The van der Waals surface area contributed by atoms with E-state index >= 15 is 0 Å². The SMILES string of the molecule is C[C@@H]1CCc2c(sc(NC(=O)CCC(=O)[O-])c2C(N)=O)C1. The number of carboxylic acid groups (broad SMARTS) is 1. The van der Waals surface area contributed by atoms with Gasteiger partial charge in [-0.05, 0) is 37.2 Å². The summed E-state index contributed by atoms with van der Waals surface area (Å²) >= 11 is 1.36. The lowest BCUT2D eigenvalue weighted by molar-refractivity contribution is -0.305. The van der Waals surface area contributed by atoms with Crippen molar-refractivity contribution >= 4 is 34.1 Å². The van der Waals surface area contributed by atoms with E-state index in [0.29, 0.717) is 16.5 Å². The highest BCUT2D eigenvalue weighted by molar-refractivity contribution is 7.17. The number of anilines is 1. The van der Waals surface area contributed by atoms with E-state index in [1.54, 1.807) is 0 Å². The Labute approximate surface area is 126 Å². The van der Waals surface area contributed by atoms with Crippen LogP contribution in [-0.2, 0) is 22.4 Å². The second-order valence-corrected chi connectivity index (χ2v) is 6.45. The van der Waals surface area contributed by atoms with Crippen molar-refractivity contribution in [1.29, 1.82) is 0 Å². The van der Waals surface area contributed by atoms with Crippen molar-refractivity contribution in [2.45, 2.75) is 39.0 Å². The molecule has 7 heteroatoms. The van der Waals surface area contributed by atoms with E-state index in [1.165, 1.54) is 11.3 Å². The molecule has 1 aliphatic carbocycles. The Balaban J connectivity index is 2.21. The van der Waals surface area contributed by atoms with Crippen LogP contribution >= 0.6 is 11.3 Å². The largest absolute Gasteiger partial charge is 0.550 e. The maximum Gasteiger partial charge on any atom is 0.251 e. The van der Waals surface area contributed by atoms with Crippen molar-refractivity contribution in [3.63, 3.8) is 0 Å². The first-order valence-corrected chi connectivity index (χ1v) is 7.64. The van der Waals surface area contributed by atoms with Crippen LogP contribution in [0.2, 0.25) is 0 Å². The lowest BCUT2D eigenvalue weighted by Gasteiger charge is -2.18. The smallest absolute Gasteiger partial charge is 0.251 e. The van der Waals surface area contributed by atoms with Crippen molar-refractivity contribution in [2.24, 2.45) is 11.7 Å². The quantitative estimate of drug-likeness (QED) is 0.821. The van der Waals surface area contributed by atoms with E-state index in [2.05, 4.69) is 12.2 Å². The normalized spacial score (nSPS) is 17.1. The first kappa shape index (κ1) is 15.5. The van der Waals surface area contributed by atoms with E-state index in [1.807, 2.05) is 0 Å². The van der Waals surface area contributed by atoms with Crippen molar-refractivity contribution in [1.82, 2.24) is 0 Å². The van der Waals surface area contributed by atoms with Gasteiger partial charge in [-0.25, -0.2) is 0 Å². The van der Waals surface area contributed by atoms with Gasteiger partial charge in [-0.2, -0.15) is 0 Å². The Hall–Kier alpha value is -1.89. The molecule has 1 aromatic heterocycles. The lowest BCUT2D eigenvalue weighted by Crippen LogP contribution is -2.24. The highest BCUT2D eigenvalue weighted by Crippen LogP contribution is 2.39. The highest BCUT2D eigenvalue weighted by atomic mass is 32.1. The van der Waals surface area contributed by atoms with Crippen LogP contribution in [0, 0.1) is 5.92 Å². The van der Waals surface area contributed by atoms with Crippen LogP contribution in [-0.4, -0.2) is 17.8 Å². The lowest BCUT2D eigenvalue weighted by atomic mass is 9.88. The molecular weight excluding hydrogens is 292 g/mol. The summed E-state index contributed by atoms with van der Waals surface area (Å²) in [7, 11) is 0. The van der Waals surface area contributed by atoms with Crippen LogP contribution in [0.1, 0.15) is 47.0 Å². The fourth-order valence-corrected chi connectivity index (χ4v) is 3.94. The third-order valence-corrected chi connectivity index (χ3v) is 4.74. The van der Waals surface area contributed by atoms with Crippen LogP contribution in [0.25, 0.3) is 0 Å². The molecule has 0 radical (unpaired) electrons. The van der Waals surface area contributed by atoms with Crippen LogP contribution in [0.5, 0.6) is 0 Å². The van der Waals surface area contributed by atoms with Gasteiger partial charge in [0.2, 0.25) is 5.91 Å². The number of carbonyl (C=O) groups excluding carboxylic acids is 3. The molecule has 1 heterocycles. The van der Waals surface area contributed by atoms with Crippen LogP contribution in [0.3, 0.4) is 0 Å². The average molecular weight is 309 g/mol. The van der Waals surface area contributed by atoms with E-state index in [0.717, 1.165) is 29.7 Å². The number of aliphatic carboxylic acids is 1. The minimum atomic E-state index is -1.28. The zero-order valence-electron chi connectivity index (χ0n) is 11.7. The third-order valence-electron chi connectivity index (χ3n) is 3.57. The van der Waals surface area contributed by atoms with Gasteiger partial charge in [0.05, 0.1) is 5.56 Å². The molecule has 6 nitrogen and oxygen atoms in total. The van der Waals surface area contributed by atoms with Crippen molar-refractivity contribution < 1.29 is 19.5 Å². The number of hydrogen-bond donors (Lipinski definition) is 2. The molecule has 2 amide bonds. The number of nitrogens with two attached hydrogens (primary N) is 1. The summed E-state index contributed by atoms with van der Waals surface area (Å²) in [5.41, 5.74) is 6.74. The molecule has 3 N–H and O–H groups in total. The first-order chi connectivity index (χ1) is 9.88. The van der Waals surface area contributed by atoms with Gasteiger partial charge < -0.3 is 21.0 Å². The zero-order valence-corrected chi connectivity index (χ0v) is 12.5.